The molecule has 0 fully saturated rings. The lowest BCUT2D eigenvalue weighted by Gasteiger charge is -2.09. The van der Waals surface area contributed by atoms with E-state index in [1.54, 1.807) is 27.3 Å². The largest absolute Gasteiger partial charge is 0.493 e. The monoisotopic (exact) mass is 348 g/mol. The summed E-state index contributed by atoms with van der Waals surface area (Å²) in [6, 6.07) is 15.1. The SMILES string of the molecule is COc1ccc(Cc2nccc(-c3ccc(C(C)=O)cc3)n2)cc1OC. The van der Waals surface area contributed by atoms with Crippen LogP contribution in [0, 0.1) is 0 Å². The summed E-state index contributed by atoms with van der Waals surface area (Å²) in [6.45, 7) is 1.56. The van der Waals surface area contributed by atoms with E-state index in [4.69, 9.17) is 9.47 Å². The van der Waals surface area contributed by atoms with E-state index in [-0.39, 0.29) is 5.78 Å². The number of ketones is 1. The van der Waals surface area contributed by atoms with E-state index in [0.717, 1.165) is 16.8 Å². The number of nitrogens with zero attached hydrogens (tertiary/aromatic N) is 2. The van der Waals surface area contributed by atoms with Gasteiger partial charge in [0.1, 0.15) is 5.82 Å². The van der Waals surface area contributed by atoms with Crippen molar-refractivity contribution in [3.63, 3.8) is 0 Å². The van der Waals surface area contributed by atoms with Gasteiger partial charge >= 0.3 is 0 Å². The van der Waals surface area contributed by atoms with Crippen molar-refractivity contribution in [2.45, 2.75) is 13.3 Å². The van der Waals surface area contributed by atoms with E-state index in [1.165, 1.54) is 0 Å². The molecule has 0 N–H and O–H groups in total. The van der Waals surface area contributed by atoms with E-state index < -0.39 is 0 Å². The topological polar surface area (TPSA) is 61.3 Å². The minimum absolute atomic E-state index is 0.0494. The van der Waals surface area contributed by atoms with Crippen LogP contribution in [0.5, 0.6) is 11.5 Å². The Hall–Kier alpha value is -3.21. The van der Waals surface area contributed by atoms with Crippen molar-refractivity contribution >= 4 is 5.78 Å². The Morgan fingerprint density at radius 2 is 1.69 bits per heavy atom. The first-order valence-electron chi connectivity index (χ1n) is 8.25. The van der Waals surface area contributed by atoms with Gasteiger partial charge in [-0.2, -0.15) is 0 Å². The molecule has 0 aliphatic carbocycles. The first-order valence-corrected chi connectivity index (χ1v) is 8.25. The highest BCUT2D eigenvalue weighted by Gasteiger charge is 2.08. The molecule has 0 unspecified atom stereocenters. The standard InChI is InChI=1S/C21H20N2O3/c1-14(24)16-5-7-17(8-6-16)18-10-11-22-21(23-18)13-15-4-9-19(25-2)20(12-15)26-3/h4-12H,13H2,1-3H3. The quantitative estimate of drug-likeness (QED) is 0.631. The Balaban J connectivity index is 1.84. The third-order valence-corrected chi connectivity index (χ3v) is 4.10. The summed E-state index contributed by atoms with van der Waals surface area (Å²) >= 11 is 0. The molecule has 2 aromatic carbocycles. The fourth-order valence-corrected chi connectivity index (χ4v) is 2.69. The Bertz CT molecular complexity index is 921. The van der Waals surface area contributed by atoms with Crippen LogP contribution in [0.4, 0.5) is 0 Å². The highest BCUT2D eigenvalue weighted by molar-refractivity contribution is 5.94. The van der Waals surface area contributed by atoms with Crippen molar-refractivity contribution in [1.82, 2.24) is 9.97 Å². The zero-order chi connectivity index (χ0) is 18.5. The molecular weight excluding hydrogens is 328 g/mol. The maximum absolute atomic E-state index is 11.4. The molecule has 0 bridgehead atoms. The molecule has 0 radical (unpaired) electrons. The van der Waals surface area contributed by atoms with Crippen LogP contribution in [0.3, 0.4) is 0 Å². The summed E-state index contributed by atoms with van der Waals surface area (Å²) in [5, 5.41) is 0. The van der Waals surface area contributed by atoms with Gasteiger partial charge in [-0.15, -0.1) is 0 Å². The number of hydrogen-bond acceptors (Lipinski definition) is 5. The average Bonchev–Trinajstić information content (AvgIpc) is 2.68. The van der Waals surface area contributed by atoms with Gasteiger partial charge in [-0.25, -0.2) is 9.97 Å². The number of methoxy groups -OCH3 is 2. The smallest absolute Gasteiger partial charge is 0.161 e. The molecule has 0 atom stereocenters. The highest BCUT2D eigenvalue weighted by atomic mass is 16.5. The lowest BCUT2D eigenvalue weighted by atomic mass is 10.1. The summed E-state index contributed by atoms with van der Waals surface area (Å²) in [7, 11) is 3.23. The molecule has 3 rings (SSSR count). The number of aromatic nitrogens is 2. The van der Waals surface area contributed by atoms with E-state index in [2.05, 4.69) is 9.97 Å². The minimum Gasteiger partial charge on any atom is -0.493 e. The van der Waals surface area contributed by atoms with Crippen molar-refractivity contribution in [3.05, 3.63) is 71.7 Å². The van der Waals surface area contributed by atoms with Gasteiger partial charge in [-0.3, -0.25) is 4.79 Å². The zero-order valence-corrected chi connectivity index (χ0v) is 15.0. The van der Waals surface area contributed by atoms with Crippen molar-refractivity contribution in [2.75, 3.05) is 14.2 Å². The number of carbonyl (C=O) groups excluding carboxylic acids is 1. The van der Waals surface area contributed by atoms with Gasteiger partial charge in [0.2, 0.25) is 0 Å². The predicted molar refractivity (Wildman–Crippen MR) is 99.8 cm³/mol. The molecule has 0 amide bonds. The van der Waals surface area contributed by atoms with Gasteiger partial charge in [0.05, 0.1) is 19.9 Å². The van der Waals surface area contributed by atoms with Gasteiger partial charge in [0.15, 0.2) is 17.3 Å². The van der Waals surface area contributed by atoms with Gasteiger partial charge < -0.3 is 9.47 Å². The highest BCUT2D eigenvalue weighted by Crippen LogP contribution is 2.28. The number of rotatable bonds is 6. The molecule has 0 aliphatic rings. The molecule has 0 saturated heterocycles. The number of benzene rings is 2. The average molecular weight is 348 g/mol. The van der Waals surface area contributed by atoms with Crippen LogP contribution in [0.1, 0.15) is 28.7 Å². The third-order valence-electron chi connectivity index (χ3n) is 4.10. The third kappa shape index (κ3) is 3.88. The summed E-state index contributed by atoms with van der Waals surface area (Å²) in [6.07, 6.45) is 2.33. The van der Waals surface area contributed by atoms with Gasteiger partial charge in [0, 0.05) is 23.7 Å². The fraction of sp³-hybridized carbons (Fsp3) is 0.190. The van der Waals surface area contributed by atoms with Crippen LogP contribution < -0.4 is 9.47 Å². The van der Waals surface area contributed by atoms with Crippen molar-refractivity contribution in [3.8, 4) is 22.8 Å². The fourth-order valence-electron chi connectivity index (χ4n) is 2.69. The van der Waals surface area contributed by atoms with Crippen molar-refractivity contribution < 1.29 is 14.3 Å². The Labute approximate surface area is 152 Å². The molecule has 3 aromatic rings. The molecule has 5 heteroatoms. The normalized spacial score (nSPS) is 10.4. The predicted octanol–water partition coefficient (Wildman–Crippen LogP) is 3.95. The first kappa shape index (κ1) is 17.6. The van der Waals surface area contributed by atoms with E-state index in [9.17, 15) is 4.79 Å². The second-order valence-corrected chi connectivity index (χ2v) is 5.86. The molecule has 0 saturated carbocycles. The molecule has 0 aliphatic heterocycles. The molecular formula is C21H20N2O3. The maximum Gasteiger partial charge on any atom is 0.161 e. The molecule has 5 nitrogen and oxygen atoms in total. The number of Topliss-reactive ketones (excluding diaryl/α,β-unsaturated/α-hetero) is 1. The van der Waals surface area contributed by atoms with E-state index >= 15 is 0 Å². The zero-order valence-electron chi connectivity index (χ0n) is 15.0. The number of carbonyl (C=O) groups is 1. The first-order chi connectivity index (χ1) is 12.6. The summed E-state index contributed by atoms with van der Waals surface area (Å²) < 4.78 is 10.6. The second-order valence-electron chi connectivity index (χ2n) is 5.86. The lowest BCUT2D eigenvalue weighted by molar-refractivity contribution is 0.101. The van der Waals surface area contributed by atoms with Gasteiger partial charge in [-0.1, -0.05) is 30.3 Å². The van der Waals surface area contributed by atoms with E-state index in [0.29, 0.717) is 29.3 Å². The van der Waals surface area contributed by atoms with Crippen LogP contribution in [0.25, 0.3) is 11.3 Å². The molecule has 132 valence electrons. The number of hydrogen-bond donors (Lipinski definition) is 0. The van der Waals surface area contributed by atoms with Crippen LogP contribution in [0.2, 0.25) is 0 Å². The van der Waals surface area contributed by atoms with Gasteiger partial charge in [-0.05, 0) is 30.7 Å². The molecule has 0 spiro atoms. The molecule has 1 aromatic heterocycles. The Morgan fingerprint density at radius 1 is 0.962 bits per heavy atom. The van der Waals surface area contributed by atoms with Crippen molar-refractivity contribution in [2.24, 2.45) is 0 Å². The van der Waals surface area contributed by atoms with Crippen LogP contribution >= 0.6 is 0 Å². The van der Waals surface area contributed by atoms with E-state index in [1.807, 2.05) is 48.5 Å². The number of ether oxygens (including phenoxy) is 2. The summed E-state index contributed by atoms with van der Waals surface area (Å²) in [5.74, 6) is 2.14. The molecule has 1 heterocycles. The maximum atomic E-state index is 11.4. The van der Waals surface area contributed by atoms with Crippen LogP contribution in [-0.2, 0) is 6.42 Å². The second kappa shape index (κ2) is 7.78. The minimum atomic E-state index is 0.0494. The summed E-state index contributed by atoms with van der Waals surface area (Å²) in [4.78, 5) is 20.4. The van der Waals surface area contributed by atoms with Crippen LogP contribution in [0.15, 0.2) is 54.7 Å². The van der Waals surface area contributed by atoms with Crippen LogP contribution in [-0.4, -0.2) is 30.0 Å². The van der Waals surface area contributed by atoms with Gasteiger partial charge in [0.25, 0.3) is 0 Å². The molecule has 26 heavy (non-hydrogen) atoms. The van der Waals surface area contributed by atoms with Crippen molar-refractivity contribution in [1.29, 1.82) is 0 Å². The Morgan fingerprint density at radius 3 is 2.35 bits per heavy atom. The Kier molecular flexibility index (Phi) is 5.27. The summed E-state index contributed by atoms with van der Waals surface area (Å²) in [5.41, 5.74) is 3.50. The lowest BCUT2D eigenvalue weighted by Crippen LogP contribution is -1.99.